The maximum atomic E-state index is 11.2. The molecule has 0 aliphatic carbocycles. The Morgan fingerprint density at radius 2 is 1.88 bits per heavy atom. The van der Waals surface area contributed by atoms with Crippen molar-refractivity contribution in [3.8, 4) is 11.1 Å². The lowest BCUT2D eigenvalue weighted by Gasteiger charge is -2.12. The van der Waals surface area contributed by atoms with Crippen LogP contribution in [0.1, 0.15) is 16.2 Å². The van der Waals surface area contributed by atoms with E-state index < -0.39 is 5.97 Å². The number of hydrogen-bond acceptors (Lipinski definition) is 5. The van der Waals surface area contributed by atoms with Crippen LogP contribution in [0.2, 0.25) is 10.0 Å². The Morgan fingerprint density at radius 1 is 1.21 bits per heavy atom. The number of carbonyl (C=O) groups is 1. The molecule has 0 fully saturated rings. The fourth-order valence-electron chi connectivity index (χ4n) is 2.19. The van der Waals surface area contributed by atoms with E-state index in [0.717, 1.165) is 16.8 Å². The highest BCUT2D eigenvalue weighted by atomic mass is 35.5. The molecule has 3 N–H and O–H groups in total. The zero-order chi connectivity index (χ0) is 17.3. The number of H-pyrrole nitrogens is 1. The highest BCUT2D eigenvalue weighted by Crippen LogP contribution is 2.37. The molecule has 9 heteroatoms. The summed E-state index contributed by atoms with van der Waals surface area (Å²) >= 11 is 12.6. The molecular weight excluding hydrogens is 353 g/mol. The second-order valence-corrected chi connectivity index (χ2v) is 5.72. The molecule has 0 atom stereocenters. The van der Waals surface area contributed by atoms with E-state index in [-0.39, 0.29) is 11.5 Å². The Morgan fingerprint density at radius 3 is 2.46 bits per heavy atom. The third-order valence-corrected chi connectivity index (χ3v) is 3.92. The number of carboxylic acid groups (broad SMARTS) is 1. The normalized spacial score (nSPS) is 10.6. The lowest BCUT2D eigenvalue weighted by Crippen LogP contribution is -2.07. The Kier molecular flexibility index (Phi) is 4.37. The quantitative estimate of drug-likeness (QED) is 0.648. The van der Waals surface area contributed by atoms with Gasteiger partial charge in [-0.3, -0.25) is 5.10 Å². The summed E-state index contributed by atoms with van der Waals surface area (Å²) in [6.07, 6.45) is 4.35. The lowest BCUT2D eigenvalue weighted by molar-refractivity contribution is 0.0691. The van der Waals surface area contributed by atoms with Crippen LogP contribution in [0, 0.1) is 6.92 Å². The van der Waals surface area contributed by atoms with E-state index in [4.69, 9.17) is 28.3 Å². The van der Waals surface area contributed by atoms with Crippen molar-refractivity contribution >= 4 is 40.7 Å². The summed E-state index contributed by atoms with van der Waals surface area (Å²) in [6, 6.07) is 3.43. The molecule has 2 aromatic heterocycles. The van der Waals surface area contributed by atoms with Gasteiger partial charge in [-0.1, -0.05) is 23.2 Å². The van der Waals surface area contributed by atoms with E-state index in [1.807, 2.05) is 6.92 Å². The van der Waals surface area contributed by atoms with Crippen LogP contribution in [-0.2, 0) is 0 Å². The number of hydrogen-bond donors (Lipinski definition) is 3. The Bertz CT molecular complexity index is 903. The van der Waals surface area contributed by atoms with Crippen LogP contribution in [0.5, 0.6) is 0 Å². The molecule has 0 amide bonds. The fourth-order valence-corrected chi connectivity index (χ4v) is 2.78. The van der Waals surface area contributed by atoms with Crippen LogP contribution in [0.25, 0.3) is 11.1 Å². The van der Waals surface area contributed by atoms with Crippen molar-refractivity contribution < 1.29 is 9.90 Å². The molecule has 2 heterocycles. The number of carboxylic acids is 1. The van der Waals surface area contributed by atoms with Gasteiger partial charge in [0, 0.05) is 23.7 Å². The summed E-state index contributed by atoms with van der Waals surface area (Å²) < 4.78 is 0. The molecule has 0 aliphatic rings. The van der Waals surface area contributed by atoms with Gasteiger partial charge >= 0.3 is 5.97 Å². The molecule has 24 heavy (non-hydrogen) atoms. The SMILES string of the molecule is Cc1[nH]ncc1-c1cc(Cl)c(Nc2nccnc2C(=O)O)c(Cl)c1. The second kappa shape index (κ2) is 6.46. The standard InChI is InChI=1S/C15H11Cl2N5O2/c1-7-9(6-20-22-7)8-4-10(16)12(11(17)5-8)21-14-13(15(23)24)18-2-3-19-14/h2-6H,1H3,(H,19,21)(H,20,22)(H,23,24). The van der Waals surface area contributed by atoms with Gasteiger partial charge in [-0.25, -0.2) is 14.8 Å². The van der Waals surface area contributed by atoms with Crippen molar-refractivity contribution in [1.82, 2.24) is 20.2 Å². The van der Waals surface area contributed by atoms with Gasteiger partial charge in [-0.2, -0.15) is 5.10 Å². The van der Waals surface area contributed by atoms with Gasteiger partial charge in [-0.05, 0) is 24.6 Å². The number of aromatic carboxylic acids is 1. The van der Waals surface area contributed by atoms with Gasteiger partial charge in [0.1, 0.15) is 0 Å². The summed E-state index contributed by atoms with van der Waals surface area (Å²) in [5.41, 5.74) is 2.67. The van der Waals surface area contributed by atoms with Crippen LogP contribution in [-0.4, -0.2) is 31.2 Å². The molecule has 0 unspecified atom stereocenters. The first-order chi connectivity index (χ1) is 11.5. The number of anilines is 2. The third-order valence-electron chi connectivity index (χ3n) is 3.33. The van der Waals surface area contributed by atoms with Crippen molar-refractivity contribution in [2.45, 2.75) is 6.92 Å². The number of benzene rings is 1. The third kappa shape index (κ3) is 3.04. The summed E-state index contributed by atoms with van der Waals surface area (Å²) in [5.74, 6) is -1.15. The summed E-state index contributed by atoms with van der Waals surface area (Å²) in [5, 5.41) is 19.5. The number of aryl methyl sites for hydroxylation is 1. The molecule has 7 nitrogen and oxygen atoms in total. The van der Waals surface area contributed by atoms with Crippen molar-refractivity contribution in [2.24, 2.45) is 0 Å². The molecule has 0 aliphatic heterocycles. The zero-order valence-corrected chi connectivity index (χ0v) is 13.9. The van der Waals surface area contributed by atoms with Crippen molar-refractivity contribution in [3.05, 3.63) is 52.2 Å². The van der Waals surface area contributed by atoms with Crippen LogP contribution in [0.15, 0.2) is 30.7 Å². The van der Waals surface area contributed by atoms with Crippen molar-refractivity contribution in [2.75, 3.05) is 5.32 Å². The van der Waals surface area contributed by atoms with Crippen LogP contribution >= 0.6 is 23.2 Å². The van der Waals surface area contributed by atoms with Crippen LogP contribution in [0.4, 0.5) is 11.5 Å². The van der Waals surface area contributed by atoms with E-state index in [2.05, 4.69) is 25.5 Å². The van der Waals surface area contributed by atoms with Crippen molar-refractivity contribution in [3.63, 3.8) is 0 Å². The number of aromatic nitrogens is 4. The topological polar surface area (TPSA) is 104 Å². The lowest BCUT2D eigenvalue weighted by atomic mass is 10.1. The molecule has 1 aromatic carbocycles. The van der Waals surface area contributed by atoms with E-state index in [1.54, 1.807) is 18.3 Å². The van der Waals surface area contributed by atoms with Gasteiger partial charge in [0.15, 0.2) is 11.5 Å². The molecule has 122 valence electrons. The first-order valence-electron chi connectivity index (χ1n) is 6.78. The first kappa shape index (κ1) is 16.2. The highest BCUT2D eigenvalue weighted by molar-refractivity contribution is 6.39. The smallest absolute Gasteiger partial charge is 0.358 e. The predicted molar refractivity (Wildman–Crippen MR) is 91.1 cm³/mol. The minimum atomic E-state index is -1.21. The van der Waals surface area contributed by atoms with Gasteiger partial charge in [0.2, 0.25) is 0 Å². The number of rotatable bonds is 4. The minimum absolute atomic E-state index is 0.0565. The van der Waals surface area contributed by atoms with Gasteiger partial charge in [0.05, 0.1) is 21.9 Å². The molecule has 3 rings (SSSR count). The maximum absolute atomic E-state index is 11.2. The second-order valence-electron chi connectivity index (χ2n) is 4.91. The summed E-state index contributed by atoms with van der Waals surface area (Å²) in [6.45, 7) is 1.88. The molecule has 0 saturated heterocycles. The van der Waals surface area contributed by atoms with Crippen molar-refractivity contribution in [1.29, 1.82) is 0 Å². The van der Waals surface area contributed by atoms with Gasteiger partial charge in [-0.15, -0.1) is 0 Å². The number of aromatic amines is 1. The molecular formula is C15H11Cl2N5O2. The first-order valence-corrected chi connectivity index (χ1v) is 7.53. The van der Waals surface area contributed by atoms with Gasteiger partial charge in [0.25, 0.3) is 0 Å². The highest BCUT2D eigenvalue weighted by Gasteiger charge is 2.17. The number of nitrogens with zero attached hydrogens (tertiary/aromatic N) is 3. The van der Waals surface area contributed by atoms with E-state index in [9.17, 15) is 4.79 Å². The average molecular weight is 364 g/mol. The summed E-state index contributed by atoms with van der Waals surface area (Å²) in [7, 11) is 0. The molecule has 0 radical (unpaired) electrons. The van der Waals surface area contributed by atoms with Gasteiger partial charge < -0.3 is 10.4 Å². The Hall–Kier alpha value is -2.64. The average Bonchev–Trinajstić information content (AvgIpc) is 2.97. The van der Waals surface area contributed by atoms with Crippen LogP contribution < -0.4 is 5.32 Å². The minimum Gasteiger partial charge on any atom is -0.476 e. The Balaban J connectivity index is 2.02. The predicted octanol–water partition coefficient (Wildman–Crippen LogP) is 3.92. The molecule has 0 bridgehead atoms. The van der Waals surface area contributed by atoms with E-state index >= 15 is 0 Å². The zero-order valence-electron chi connectivity index (χ0n) is 12.3. The Labute approximate surface area is 146 Å². The number of halogens is 2. The monoisotopic (exact) mass is 363 g/mol. The van der Waals surface area contributed by atoms with Crippen LogP contribution in [0.3, 0.4) is 0 Å². The fraction of sp³-hybridized carbons (Fsp3) is 0.0667. The molecule has 0 saturated carbocycles. The van der Waals surface area contributed by atoms with E-state index in [1.165, 1.54) is 12.4 Å². The molecule has 3 aromatic rings. The summed E-state index contributed by atoms with van der Waals surface area (Å²) in [4.78, 5) is 19.0. The number of nitrogens with one attached hydrogen (secondary N) is 2. The largest absolute Gasteiger partial charge is 0.476 e. The van der Waals surface area contributed by atoms with E-state index in [0.29, 0.717) is 15.7 Å². The maximum Gasteiger partial charge on any atom is 0.358 e. The molecule has 0 spiro atoms.